The van der Waals surface area contributed by atoms with E-state index in [1.54, 1.807) is 0 Å². The predicted molar refractivity (Wildman–Crippen MR) is 70.1 cm³/mol. The first kappa shape index (κ1) is 12.8. The molecule has 16 heavy (non-hydrogen) atoms. The minimum atomic E-state index is 0.359. The van der Waals surface area contributed by atoms with E-state index in [2.05, 4.69) is 56.3 Å². The lowest BCUT2D eigenvalue weighted by atomic mass is 9.95. The summed E-state index contributed by atoms with van der Waals surface area (Å²) in [5, 5.41) is 3.59. The number of rotatable bonds is 5. The topological polar surface area (TPSA) is 12.0 Å². The smallest absolute Gasteiger partial charge is 0.0346 e. The molecule has 1 aromatic carbocycles. The van der Waals surface area contributed by atoms with Crippen molar-refractivity contribution in [2.45, 2.75) is 39.3 Å². The highest BCUT2D eigenvalue weighted by Crippen LogP contribution is 2.22. The second kappa shape index (κ2) is 6.35. The lowest BCUT2D eigenvalue weighted by Gasteiger charge is -2.26. The van der Waals surface area contributed by atoms with Gasteiger partial charge in [-0.3, -0.25) is 0 Å². The highest BCUT2D eigenvalue weighted by Gasteiger charge is 2.16. The third-order valence-corrected chi connectivity index (χ3v) is 2.71. The number of hydrogen-bond donors (Lipinski definition) is 1. The fourth-order valence-electron chi connectivity index (χ4n) is 1.88. The fourth-order valence-corrected chi connectivity index (χ4v) is 1.88. The molecule has 86 valence electrons. The quantitative estimate of drug-likeness (QED) is 0.742. The van der Waals surface area contributed by atoms with Gasteiger partial charge in [-0.15, -0.1) is 12.3 Å². The van der Waals surface area contributed by atoms with Crippen molar-refractivity contribution in [2.24, 2.45) is 5.92 Å². The Balaban J connectivity index is 2.73. The van der Waals surface area contributed by atoms with Crippen LogP contribution in [-0.4, -0.2) is 6.04 Å². The highest BCUT2D eigenvalue weighted by atomic mass is 14.9. The first-order valence-electron chi connectivity index (χ1n) is 5.89. The molecule has 0 aliphatic carbocycles. The summed E-state index contributed by atoms with van der Waals surface area (Å²) in [7, 11) is 0. The molecule has 0 aromatic heterocycles. The first-order valence-corrected chi connectivity index (χ1v) is 5.89. The Morgan fingerprint density at radius 1 is 1.19 bits per heavy atom. The number of benzene rings is 1. The molecule has 1 aromatic rings. The summed E-state index contributed by atoms with van der Waals surface area (Å²) in [6.07, 6.45) is 6.10. The monoisotopic (exact) mass is 215 g/mol. The Labute approximate surface area is 99.3 Å². The summed E-state index contributed by atoms with van der Waals surface area (Å²) in [6.45, 7) is 6.60. The van der Waals surface area contributed by atoms with Gasteiger partial charge in [-0.25, -0.2) is 0 Å². The molecule has 0 aliphatic rings. The van der Waals surface area contributed by atoms with Gasteiger partial charge in [0.25, 0.3) is 0 Å². The van der Waals surface area contributed by atoms with E-state index in [0.29, 0.717) is 18.0 Å². The van der Waals surface area contributed by atoms with Crippen LogP contribution in [0.25, 0.3) is 0 Å². The maximum Gasteiger partial charge on any atom is 0.0346 e. The molecule has 0 aliphatic heterocycles. The summed E-state index contributed by atoms with van der Waals surface area (Å²) in [4.78, 5) is 0. The molecule has 2 atom stereocenters. The van der Waals surface area contributed by atoms with Crippen LogP contribution in [0.2, 0.25) is 0 Å². The van der Waals surface area contributed by atoms with Gasteiger partial charge in [-0.1, -0.05) is 44.2 Å². The molecule has 1 nitrogen and oxygen atoms in total. The second-order valence-corrected chi connectivity index (χ2v) is 4.61. The van der Waals surface area contributed by atoms with Crippen LogP contribution in [0.5, 0.6) is 0 Å². The Hall–Kier alpha value is -1.26. The second-order valence-electron chi connectivity index (χ2n) is 4.61. The van der Waals surface area contributed by atoms with Crippen molar-refractivity contribution >= 4 is 0 Å². The third-order valence-electron chi connectivity index (χ3n) is 2.71. The highest BCUT2D eigenvalue weighted by molar-refractivity contribution is 5.19. The van der Waals surface area contributed by atoms with Crippen molar-refractivity contribution in [3.8, 4) is 12.3 Å². The Morgan fingerprint density at radius 2 is 1.81 bits per heavy atom. The van der Waals surface area contributed by atoms with E-state index in [9.17, 15) is 0 Å². The minimum Gasteiger partial charge on any atom is -0.306 e. The van der Waals surface area contributed by atoms with Crippen LogP contribution in [0.3, 0.4) is 0 Å². The van der Waals surface area contributed by atoms with Gasteiger partial charge in [0.2, 0.25) is 0 Å². The van der Waals surface area contributed by atoms with Gasteiger partial charge >= 0.3 is 0 Å². The van der Waals surface area contributed by atoms with E-state index >= 15 is 0 Å². The van der Waals surface area contributed by atoms with Gasteiger partial charge in [-0.2, -0.15) is 0 Å². The maximum atomic E-state index is 5.33. The van der Waals surface area contributed by atoms with Gasteiger partial charge in [-0.05, 0) is 18.4 Å². The molecule has 0 fully saturated rings. The summed E-state index contributed by atoms with van der Waals surface area (Å²) in [6, 6.07) is 11.3. The van der Waals surface area contributed by atoms with Crippen molar-refractivity contribution in [1.29, 1.82) is 0 Å². The molecular formula is C15H21N. The van der Waals surface area contributed by atoms with Gasteiger partial charge in [0.15, 0.2) is 0 Å². The largest absolute Gasteiger partial charge is 0.306 e. The molecule has 0 bridgehead atoms. The van der Waals surface area contributed by atoms with Gasteiger partial charge in [0.1, 0.15) is 0 Å². The van der Waals surface area contributed by atoms with E-state index in [-0.39, 0.29) is 0 Å². The summed E-state index contributed by atoms with van der Waals surface area (Å²) in [5.74, 6) is 3.26. The van der Waals surface area contributed by atoms with Gasteiger partial charge in [0, 0.05) is 18.5 Å². The Kier molecular flexibility index (Phi) is 5.08. The minimum absolute atomic E-state index is 0.359. The predicted octanol–water partition coefficient (Wildman–Crippen LogP) is 3.39. The summed E-state index contributed by atoms with van der Waals surface area (Å²) in [5.41, 5.74) is 1.33. The zero-order chi connectivity index (χ0) is 12.0. The molecule has 1 N–H and O–H groups in total. The zero-order valence-corrected chi connectivity index (χ0v) is 10.4. The van der Waals surface area contributed by atoms with Crippen LogP contribution >= 0.6 is 0 Å². The molecule has 2 unspecified atom stereocenters. The van der Waals surface area contributed by atoms with E-state index in [0.717, 1.165) is 6.42 Å². The Bertz CT molecular complexity index is 334. The molecule has 0 spiro atoms. The first-order chi connectivity index (χ1) is 7.65. The van der Waals surface area contributed by atoms with E-state index in [1.807, 2.05) is 6.07 Å². The fraction of sp³-hybridized carbons (Fsp3) is 0.467. The third kappa shape index (κ3) is 3.72. The van der Waals surface area contributed by atoms with Crippen LogP contribution in [0, 0.1) is 18.3 Å². The average molecular weight is 215 g/mol. The maximum absolute atomic E-state index is 5.33. The molecule has 1 heteroatoms. The summed E-state index contributed by atoms with van der Waals surface area (Å²) >= 11 is 0. The number of hydrogen-bond acceptors (Lipinski definition) is 1. The Morgan fingerprint density at radius 3 is 2.31 bits per heavy atom. The summed E-state index contributed by atoms with van der Waals surface area (Å²) < 4.78 is 0. The standard InChI is InChI=1S/C15H21N/c1-5-9-13(4)16-15(12(2)3)14-10-7-6-8-11-14/h1,6-8,10-13,15-16H,9H2,2-4H3. The van der Waals surface area contributed by atoms with Crippen LogP contribution in [-0.2, 0) is 0 Å². The van der Waals surface area contributed by atoms with Crippen molar-refractivity contribution in [1.82, 2.24) is 5.32 Å². The van der Waals surface area contributed by atoms with Crippen LogP contribution in [0.1, 0.15) is 38.8 Å². The normalized spacial score (nSPS) is 14.4. The van der Waals surface area contributed by atoms with Crippen molar-refractivity contribution in [3.05, 3.63) is 35.9 Å². The number of terminal acetylenes is 1. The van der Waals surface area contributed by atoms with E-state index < -0.39 is 0 Å². The molecule has 0 saturated carbocycles. The van der Waals surface area contributed by atoms with E-state index in [4.69, 9.17) is 6.42 Å². The van der Waals surface area contributed by atoms with Crippen molar-refractivity contribution in [2.75, 3.05) is 0 Å². The molecule has 0 amide bonds. The average Bonchev–Trinajstić information content (AvgIpc) is 2.27. The SMILES string of the molecule is C#CCC(C)NC(c1ccccc1)C(C)C. The molecule has 1 rings (SSSR count). The molecule has 0 saturated heterocycles. The van der Waals surface area contributed by atoms with Gasteiger partial charge in [0.05, 0.1) is 0 Å². The van der Waals surface area contributed by atoms with Crippen LogP contribution in [0.4, 0.5) is 0 Å². The van der Waals surface area contributed by atoms with Crippen molar-refractivity contribution in [3.63, 3.8) is 0 Å². The van der Waals surface area contributed by atoms with Crippen molar-refractivity contribution < 1.29 is 0 Å². The van der Waals surface area contributed by atoms with Crippen LogP contribution in [0.15, 0.2) is 30.3 Å². The number of nitrogens with one attached hydrogen (secondary N) is 1. The lowest BCUT2D eigenvalue weighted by Crippen LogP contribution is -2.33. The molecule has 0 heterocycles. The van der Waals surface area contributed by atoms with Gasteiger partial charge < -0.3 is 5.32 Å². The van der Waals surface area contributed by atoms with E-state index in [1.165, 1.54) is 5.56 Å². The van der Waals surface area contributed by atoms with Crippen LogP contribution < -0.4 is 5.32 Å². The lowest BCUT2D eigenvalue weighted by molar-refractivity contribution is 0.372. The zero-order valence-electron chi connectivity index (χ0n) is 10.4. The molecule has 0 radical (unpaired) electrons. The molecular weight excluding hydrogens is 194 g/mol.